The van der Waals surface area contributed by atoms with Crippen LogP contribution in [0.25, 0.3) is 0 Å². The van der Waals surface area contributed by atoms with Crippen molar-refractivity contribution in [1.82, 2.24) is 0 Å². The summed E-state index contributed by atoms with van der Waals surface area (Å²) in [5.74, 6) is 1.98. The minimum absolute atomic E-state index is 0.494. The number of anilines is 1. The Morgan fingerprint density at radius 3 is 1.36 bits per heavy atom. The molecule has 0 spiro atoms. The van der Waals surface area contributed by atoms with Gasteiger partial charge in [-0.2, -0.15) is 0 Å². The van der Waals surface area contributed by atoms with E-state index in [1.165, 1.54) is 33.6 Å². The molecule has 0 amide bonds. The van der Waals surface area contributed by atoms with Gasteiger partial charge in [-0.15, -0.1) is 0 Å². The van der Waals surface area contributed by atoms with Crippen LogP contribution < -0.4 is 4.90 Å². The van der Waals surface area contributed by atoms with Crippen LogP contribution in [0.3, 0.4) is 0 Å². The second kappa shape index (κ2) is 15.6. The molecular weight excluding hydrogens is 646 g/mol. The van der Waals surface area contributed by atoms with Crippen LogP contribution in [0.2, 0.25) is 0 Å². The van der Waals surface area contributed by atoms with E-state index in [0.717, 1.165) is 24.3 Å². The molecule has 1 heterocycles. The van der Waals surface area contributed by atoms with E-state index in [1.807, 2.05) is 36.9 Å². The third-order valence-electron chi connectivity index (χ3n) is 7.62. The first-order valence-corrected chi connectivity index (χ1v) is 20.5. The fraction of sp³-hybridized carbons (Fsp3) is 0.444. The monoisotopic (exact) mass is 695 g/mol. The van der Waals surface area contributed by atoms with Crippen LogP contribution >= 0.6 is 19.4 Å². The van der Waals surface area contributed by atoms with Crippen LogP contribution in [0.15, 0.2) is 60.7 Å². The normalized spacial score (nSPS) is 13.3. The Bertz CT molecular complexity index is 1350. The Kier molecular flexibility index (Phi) is 12.8. The van der Waals surface area contributed by atoms with Gasteiger partial charge in [0.25, 0.3) is 0 Å². The quantitative estimate of drug-likeness (QED) is 0.168. The topological polar surface area (TPSA) is 9.26 Å². The van der Waals surface area contributed by atoms with Crippen molar-refractivity contribution in [2.75, 3.05) is 32.1 Å². The van der Waals surface area contributed by atoms with E-state index >= 15 is 0 Å². The number of hydrogen-bond donors (Lipinski definition) is 0. The Morgan fingerprint density at radius 1 is 0.643 bits per heavy atom. The van der Waals surface area contributed by atoms with Crippen LogP contribution in [0.4, 0.5) is 17.1 Å². The SMILES string of the molecule is CC(C)c1cccc(C(C)C)c1[N+]1=C=[N+](c2c(C(C)C)cccc2C(C)C)CC1.CN(C)c1ccccc1[CH]=[Ru]([Cl])[Cl]. The molecule has 1 aliphatic heterocycles. The molecule has 0 aliphatic carbocycles. The summed E-state index contributed by atoms with van der Waals surface area (Å²) in [5, 5.41) is 0. The van der Waals surface area contributed by atoms with E-state index in [0.29, 0.717) is 23.7 Å². The molecule has 0 unspecified atom stereocenters. The van der Waals surface area contributed by atoms with Gasteiger partial charge in [0.2, 0.25) is 24.5 Å². The van der Waals surface area contributed by atoms with Crippen LogP contribution in [0.5, 0.6) is 0 Å². The van der Waals surface area contributed by atoms with E-state index < -0.39 is 13.5 Å². The molecule has 0 saturated heterocycles. The second-order valence-corrected chi connectivity index (χ2v) is 18.1. The van der Waals surface area contributed by atoms with Crippen molar-refractivity contribution in [3.8, 4) is 0 Å². The van der Waals surface area contributed by atoms with Crippen molar-refractivity contribution < 1.29 is 22.7 Å². The zero-order valence-electron chi connectivity index (χ0n) is 27.0. The first-order chi connectivity index (χ1) is 19.8. The summed E-state index contributed by atoms with van der Waals surface area (Å²) in [6, 6.07) is 25.4. The first-order valence-electron chi connectivity index (χ1n) is 15.0. The van der Waals surface area contributed by atoms with E-state index in [-0.39, 0.29) is 0 Å². The van der Waals surface area contributed by atoms with E-state index in [1.54, 1.807) is 0 Å². The molecule has 0 saturated carbocycles. The summed E-state index contributed by atoms with van der Waals surface area (Å²) in [4.78, 5) is 2.05. The molecule has 0 radical (unpaired) electrons. The Labute approximate surface area is 268 Å². The number of nitrogens with zero attached hydrogens (tertiary/aromatic N) is 3. The molecule has 1 aliphatic rings. The van der Waals surface area contributed by atoms with Crippen LogP contribution in [-0.4, -0.2) is 47.0 Å². The molecule has 4 rings (SSSR count). The van der Waals surface area contributed by atoms with Crippen LogP contribution in [-0.2, 0) is 13.5 Å². The van der Waals surface area contributed by atoms with Crippen molar-refractivity contribution in [1.29, 1.82) is 0 Å². The molecule has 0 fully saturated rings. The summed E-state index contributed by atoms with van der Waals surface area (Å²) in [6.07, 6.45) is 0. The standard InChI is InChI=1S/C27H38N2.C9H11N.2ClH.Ru/c1-18(2)22-11-9-12-23(19(3)4)26(22)28-15-16-29(17-28)27-24(20(5)6)13-10-14-25(27)21(7)8;1-8-6-4-5-7-9(8)10(2)3;;;/h9-14,18-21H,15-16H2,1-8H3;1,4-7H,2-3H3;2*1H;/q+2;;;;+2/p-2. The zero-order valence-corrected chi connectivity index (χ0v) is 30.3. The van der Waals surface area contributed by atoms with E-state index in [2.05, 4.69) is 118 Å². The summed E-state index contributed by atoms with van der Waals surface area (Å²) >= 11 is -1.71. The van der Waals surface area contributed by atoms with Crippen LogP contribution in [0.1, 0.15) is 107 Å². The summed E-state index contributed by atoms with van der Waals surface area (Å²) < 4.78 is 6.72. The van der Waals surface area contributed by atoms with Crippen molar-refractivity contribution in [3.63, 3.8) is 0 Å². The number of halogens is 2. The first kappa shape index (κ1) is 34.4. The average Bonchev–Trinajstić information content (AvgIpc) is 3.42. The molecular formula is C36H49Cl2N3Ru+2. The van der Waals surface area contributed by atoms with Gasteiger partial charge in [0.1, 0.15) is 0 Å². The molecule has 0 N–H and O–H groups in total. The van der Waals surface area contributed by atoms with Gasteiger partial charge in [0.15, 0.2) is 0 Å². The molecule has 3 aromatic carbocycles. The van der Waals surface area contributed by atoms with Gasteiger partial charge in [-0.05, 0) is 23.7 Å². The van der Waals surface area contributed by atoms with Crippen molar-refractivity contribution in [3.05, 3.63) is 88.5 Å². The summed E-state index contributed by atoms with van der Waals surface area (Å²) in [7, 11) is 15.7. The van der Waals surface area contributed by atoms with Crippen LogP contribution in [0, 0.1) is 0 Å². The summed E-state index contributed by atoms with van der Waals surface area (Å²) in [6.45, 7) is 20.3. The molecule has 228 valence electrons. The fourth-order valence-electron chi connectivity index (χ4n) is 5.48. The molecule has 3 nitrogen and oxygen atoms in total. The molecule has 0 atom stereocenters. The Balaban J connectivity index is 0.000000312. The van der Waals surface area contributed by atoms with Gasteiger partial charge in [0.05, 0.1) is 0 Å². The Hall–Kier alpha value is -2.09. The summed E-state index contributed by atoms with van der Waals surface area (Å²) in [5.41, 5.74) is 10.7. The number of para-hydroxylation sites is 3. The number of hydrogen-bond acceptors (Lipinski definition) is 1. The zero-order chi connectivity index (χ0) is 31.1. The second-order valence-electron chi connectivity index (χ2n) is 12.4. The maximum atomic E-state index is 5.82. The third-order valence-corrected chi connectivity index (χ3v) is 9.45. The predicted octanol–water partition coefficient (Wildman–Crippen LogP) is 10.2. The van der Waals surface area contributed by atoms with Gasteiger partial charge in [0, 0.05) is 22.3 Å². The minimum atomic E-state index is -1.71. The molecule has 6 heteroatoms. The molecule has 42 heavy (non-hydrogen) atoms. The van der Waals surface area contributed by atoms with Gasteiger partial charge in [-0.3, -0.25) is 0 Å². The van der Waals surface area contributed by atoms with Crippen molar-refractivity contribution in [2.24, 2.45) is 0 Å². The van der Waals surface area contributed by atoms with E-state index in [4.69, 9.17) is 19.4 Å². The number of benzene rings is 3. The maximum absolute atomic E-state index is 5.82. The third kappa shape index (κ3) is 8.51. The van der Waals surface area contributed by atoms with Gasteiger partial charge in [-0.1, -0.05) is 101 Å². The Morgan fingerprint density at radius 2 is 1.02 bits per heavy atom. The predicted molar refractivity (Wildman–Crippen MR) is 181 cm³/mol. The number of rotatable bonds is 8. The molecule has 3 aromatic rings. The average molecular weight is 696 g/mol. The van der Waals surface area contributed by atoms with Gasteiger partial charge in [-0.25, -0.2) is 0 Å². The van der Waals surface area contributed by atoms with Crippen molar-refractivity contribution >= 4 is 47.1 Å². The van der Waals surface area contributed by atoms with Gasteiger partial charge < -0.3 is 0 Å². The van der Waals surface area contributed by atoms with Gasteiger partial charge >= 0.3 is 98.0 Å². The van der Waals surface area contributed by atoms with E-state index in [9.17, 15) is 0 Å². The molecule has 0 bridgehead atoms. The molecule has 0 aromatic heterocycles. The fourth-order valence-corrected chi connectivity index (χ4v) is 7.30. The van der Waals surface area contributed by atoms with Crippen molar-refractivity contribution in [2.45, 2.75) is 79.1 Å².